The summed E-state index contributed by atoms with van der Waals surface area (Å²) >= 11 is 5.60. The molecule has 0 saturated heterocycles. The molecule has 3 aliphatic carbocycles. The molecule has 4 rings (SSSR count). The molecule has 0 amide bonds. The number of alkyl halides is 2. The predicted octanol–water partition coefficient (Wildman–Crippen LogP) is 2.33. The molecule has 218 valence electrons. The van der Waals surface area contributed by atoms with Crippen molar-refractivity contribution in [3.8, 4) is 0 Å². The van der Waals surface area contributed by atoms with Crippen LogP contribution in [0.4, 0.5) is 4.39 Å². The minimum absolute atomic E-state index is 0.0151. The normalized spacial score (nSPS) is 36.3. The third-order valence-electron chi connectivity index (χ3n) is 7.92. The first-order chi connectivity index (χ1) is 18.3. The number of nitrogens with one attached hydrogen (secondary N) is 1. The van der Waals surface area contributed by atoms with Gasteiger partial charge in [-0.25, -0.2) is 4.39 Å². The molecule has 0 bridgehead atoms. The predicted molar refractivity (Wildman–Crippen MR) is 152 cm³/mol. The monoisotopic (exact) mass is 567 g/mol. The molecule has 1 aliphatic heterocycles. The Morgan fingerprint density at radius 1 is 1.38 bits per heavy atom. The Bertz CT molecular complexity index is 1010. The lowest BCUT2D eigenvalue weighted by atomic mass is 9.86. The number of aldehydes is 1. The molecule has 0 aromatic carbocycles. The van der Waals surface area contributed by atoms with E-state index in [0.29, 0.717) is 36.3 Å². The van der Waals surface area contributed by atoms with E-state index >= 15 is 0 Å². The Balaban J connectivity index is 0.000000353. The van der Waals surface area contributed by atoms with Crippen molar-refractivity contribution in [3.05, 3.63) is 35.9 Å². The molecule has 0 aromatic heterocycles. The van der Waals surface area contributed by atoms with Crippen molar-refractivity contribution in [2.24, 2.45) is 33.5 Å². The number of carbonyl (C=O) groups excluding carboxylic acids is 1. The van der Waals surface area contributed by atoms with Crippen molar-refractivity contribution in [1.29, 1.82) is 0 Å². The number of nitrogens with zero attached hydrogens (tertiary/aromatic N) is 3. The molecule has 0 spiro atoms. The second kappa shape index (κ2) is 12.8. The highest BCUT2D eigenvalue weighted by Gasteiger charge is 2.53. The maximum Gasteiger partial charge on any atom is 0.185 e. The van der Waals surface area contributed by atoms with Gasteiger partial charge in [-0.2, -0.15) is 0 Å². The van der Waals surface area contributed by atoms with Crippen LogP contribution < -0.4 is 11.1 Å². The van der Waals surface area contributed by atoms with Gasteiger partial charge in [0.1, 0.15) is 30.7 Å². The first kappa shape index (κ1) is 31.1. The number of allylic oxidation sites excluding steroid dienone is 3. The first-order valence-electron chi connectivity index (χ1n) is 13.4. The summed E-state index contributed by atoms with van der Waals surface area (Å²) in [5, 5.41) is 23.4. The van der Waals surface area contributed by atoms with E-state index in [-0.39, 0.29) is 24.6 Å². The van der Waals surface area contributed by atoms with Gasteiger partial charge >= 0.3 is 0 Å². The highest BCUT2D eigenvalue weighted by Crippen LogP contribution is 2.53. The minimum atomic E-state index is -1.04. The van der Waals surface area contributed by atoms with Gasteiger partial charge in [0.2, 0.25) is 0 Å². The molecular weight excluding hydrogens is 525 g/mol. The number of rotatable bonds is 8. The number of ether oxygens (including phenoxy) is 1. The molecule has 0 aromatic rings. The Kier molecular flexibility index (Phi) is 10.2. The summed E-state index contributed by atoms with van der Waals surface area (Å²) < 4.78 is 18.0. The van der Waals surface area contributed by atoms with Gasteiger partial charge in [-0.3, -0.25) is 9.98 Å². The van der Waals surface area contributed by atoms with E-state index < -0.39 is 22.8 Å². The number of carbonyl (C=O) groups is 1. The molecule has 1 heterocycles. The first-order valence-corrected chi connectivity index (χ1v) is 13.8. The van der Waals surface area contributed by atoms with Gasteiger partial charge in [-0.1, -0.05) is 0 Å². The SMILES string of the molecule is CN=C(/C=C(\N)OCC(C)(C)O)C1(O)CC2CC(C3N=CN(C)C3C=O)CC2C1.CNC1=CC(Cl)C(F)C=C1. The number of nitrogens with two attached hydrogens (primary N) is 1. The number of fused-ring (bicyclic) bond motifs is 1. The zero-order valence-corrected chi connectivity index (χ0v) is 24.2. The Morgan fingerprint density at radius 2 is 2.03 bits per heavy atom. The van der Waals surface area contributed by atoms with Crippen molar-refractivity contribution in [1.82, 2.24) is 10.2 Å². The van der Waals surface area contributed by atoms with Crippen LogP contribution in [0.5, 0.6) is 0 Å². The zero-order valence-electron chi connectivity index (χ0n) is 23.4. The molecule has 5 N–H and O–H groups in total. The second-order valence-corrected chi connectivity index (χ2v) is 12.1. The van der Waals surface area contributed by atoms with Gasteiger partial charge in [0, 0.05) is 32.9 Å². The standard InChI is InChI=1S/C21H34N4O4.C7H9ClFN/c1-20(2,27)11-29-18(22)7-17(23-3)21(28)8-14-5-13(6-15(14)9-21)19-16(10-26)25(4)12-24-19;1-10-5-2-3-7(9)6(8)4-5/h7,10,12-16,19,27-28H,5-6,8-9,11,22H2,1-4H3;2-4,6-7,10H,1H3/b18-7+,23-17?;. The van der Waals surface area contributed by atoms with Crippen LogP contribution in [0.15, 0.2) is 45.9 Å². The van der Waals surface area contributed by atoms with Crippen molar-refractivity contribution in [2.75, 3.05) is 27.7 Å². The third kappa shape index (κ3) is 7.83. The van der Waals surface area contributed by atoms with Crippen LogP contribution in [0.2, 0.25) is 0 Å². The summed E-state index contributed by atoms with van der Waals surface area (Å²) in [5.74, 6) is 1.25. The molecule has 9 nitrogen and oxygen atoms in total. The lowest BCUT2D eigenvalue weighted by Crippen LogP contribution is -2.39. The van der Waals surface area contributed by atoms with Crippen LogP contribution in [-0.2, 0) is 9.53 Å². The quantitative estimate of drug-likeness (QED) is 0.153. The van der Waals surface area contributed by atoms with E-state index in [9.17, 15) is 19.4 Å². The van der Waals surface area contributed by atoms with Crippen LogP contribution in [0, 0.1) is 17.8 Å². The van der Waals surface area contributed by atoms with Crippen LogP contribution in [0.3, 0.4) is 0 Å². The molecule has 0 radical (unpaired) electrons. The fourth-order valence-electron chi connectivity index (χ4n) is 5.99. The summed E-state index contributed by atoms with van der Waals surface area (Å²) in [4.78, 5) is 22.2. The summed E-state index contributed by atoms with van der Waals surface area (Å²) in [6, 6.07) is -0.164. The molecule has 6 unspecified atom stereocenters. The highest BCUT2D eigenvalue weighted by atomic mass is 35.5. The highest BCUT2D eigenvalue weighted by molar-refractivity contribution is 6.22. The van der Waals surface area contributed by atoms with E-state index in [1.165, 1.54) is 6.08 Å². The van der Waals surface area contributed by atoms with E-state index in [1.54, 1.807) is 52.5 Å². The van der Waals surface area contributed by atoms with E-state index in [2.05, 4.69) is 15.3 Å². The Morgan fingerprint density at radius 3 is 2.54 bits per heavy atom. The Labute approximate surface area is 235 Å². The average Bonchev–Trinajstić information content (AvgIpc) is 3.53. The maximum atomic E-state index is 12.6. The largest absolute Gasteiger partial charge is 0.476 e. The molecular formula is C28H43ClFN5O4. The number of halogens is 2. The van der Waals surface area contributed by atoms with Crippen molar-refractivity contribution >= 4 is 29.9 Å². The molecule has 11 heteroatoms. The molecule has 39 heavy (non-hydrogen) atoms. The summed E-state index contributed by atoms with van der Waals surface area (Å²) in [7, 11) is 5.30. The fraction of sp³-hybridized carbons (Fsp3) is 0.679. The summed E-state index contributed by atoms with van der Waals surface area (Å²) in [5.41, 5.74) is 5.29. The number of likely N-dealkylation sites (N-methyl/N-ethyl adjacent to an activating group) is 2. The molecule has 2 fully saturated rings. The van der Waals surface area contributed by atoms with Crippen molar-refractivity contribution in [2.45, 2.75) is 74.4 Å². The third-order valence-corrected chi connectivity index (χ3v) is 8.29. The second-order valence-electron chi connectivity index (χ2n) is 11.6. The smallest absolute Gasteiger partial charge is 0.185 e. The van der Waals surface area contributed by atoms with E-state index in [4.69, 9.17) is 22.1 Å². The number of hydrogen-bond donors (Lipinski definition) is 4. The summed E-state index contributed by atoms with van der Waals surface area (Å²) in [6.07, 6.45) is 11.2. The minimum Gasteiger partial charge on any atom is -0.476 e. The lowest BCUT2D eigenvalue weighted by molar-refractivity contribution is -0.111. The van der Waals surface area contributed by atoms with Crippen molar-refractivity contribution < 1.29 is 24.1 Å². The van der Waals surface area contributed by atoms with Gasteiger partial charge in [0.25, 0.3) is 0 Å². The summed E-state index contributed by atoms with van der Waals surface area (Å²) in [6.45, 7) is 3.34. The van der Waals surface area contributed by atoms with Gasteiger partial charge < -0.3 is 35.7 Å². The van der Waals surface area contributed by atoms with E-state index in [1.807, 2.05) is 11.9 Å². The Hall–Kier alpha value is -2.43. The topological polar surface area (TPSA) is 133 Å². The van der Waals surface area contributed by atoms with Gasteiger partial charge in [-0.15, -0.1) is 11.6 Å². The molecule has 6 atom stereocenters. The van der Waals surface area contributed by atoms with Crippen LogP contribution in [-0.4, -0.2) is 96.0 Å². The maximum absolute atomic E-state index is 12.6. The number of aliphatic hydroxyl groups is 2. The molecule has 2 saturated carbocycles. The van der Waals surface area contributed by atoms with Crippen LogP contribution in [0.1, 0.15) is 39.5 Å². The van der Waals surface area contributed by atoms with Crippen molar-refractivity contribution in [3.63, 3.8) is 0 Å². The number of hydrogen-bond acceptors (Lipinski definition) is 9. The van der Waals surface area contributed by atoms with E-state index in [0.717, 1.165) is 24.8 Å². The lowest BCUT2D eigenvalue weighted by Gasteiger charge is -2.28. The van der Waals surface area contributed by atoms with Gasteiger partial charge in [0.05, 0.1) is 29.1 Å². The van der Waals surface area contributed by atoms with Crippen LogP contribution in [0.25, 0.3) is 0 Å². The molecule has 4 aliphatic rings. The number of aliphatic imine (C=N–C) groups is 2. The zero-order chi connectivity index (χ0) is 29.0. The average molecular weight is 568 g/mol. The fourth-order valence-corrected chi connectivity index (χ4v) is 6.21. The van der Waals surface area contributed by atoms with Gasteiger partial charge in [0.15, 0.2) is 5.88 Å². The van der Waals surface area contributed by atoms with Crippen LogP contribution >= 0.6 is 11.6 Å². The van der Waals surface area contributed by atoms with Gasteiger partial charge in [-0.05, 0) is 75.5 Å².